The highest BCUT2D eigenvalue weighted by Crippen LogP contribution is 2.35. The number of nitriles is 1. The predicted octanol–water partition coefficient (Wildman–Crippen LogP) is 4.01. The van der Waals surface area contributed by atoms with Crippen LogP contribution in [0.25, 0.3) is 10.9 Å². The average Bonchev–Trinajstić information content (AvgIpc) is 2.42. The molecule has 0 saturated carbocycles. The Balaban J connectivity index is 3.05. The van der Waals surface area contributed by atoms with Crippen molar-refractivity contribution in [2.45, 2.75) is 0 Å². The highest BCUT2D eigenvalue weighted by Gasteiger charge is 2.16. The zero-order chi connectivity index (χ0) is 11.2. The first-order valence-electron chi connectivity index (χ1n) is 4.09. The van der Waals surface area contributed by atoms with Gasteiger partial charge in [-0.15, -0.1) is 0 Å². The summed E-state index contributed by atoms with van der Waals surface area (Å²) in [6.07, 6.45) is 0. The van der Waals surface area contributed by atoms with Gasteiger partial charge in [0.05, 0.1) is 16.1 Å². The second-order valence-electron chi connectivity index (χ2n) is 3.12. The third-order valence-electron chi connectivity index (χ3n) is 2.26. The van der Waals surface area contributed by atoms with Gasteiger partial charge in [0, 0.05) is 17.5 Å². The molecule has 76 valence electrons. The molecule has 0 aliphatic rings. The minimum Gasteiger partial charge on any atom is -0.334 e. The summed E-state index contributed by atoms with van der Waals surface area (Å²) in [5.41, 5.74) is 1.14. The van der Waals surface area contributed by atoms with E-state index in [0.717, 1.165) is 5.52 Å². The predicted molar refractivity (Wildman–Crippen MR) is 62.7 cm³/mol. The van der Waals surface area contributed by atoms with E-state index in [0.29, 0.717) is 26.1 Å². The summed E-state index contributed by atoms with van der Waals surface area (Å²) < 4.78 is 1.69. The van der Waals surface area contributed by atoms with Crippen molar-refractivity contribution in [1.29, 1.82) is 5.26 Å². The number of aromatic nitrogens is 1. The van der Waals surface area contributed by atoms with E-state index in [1.165, 1.54) is 0 Å². The van der Waals surface area contributed by atoms with Gasteiger partial charge in [-0.3, -0.25) is 0 Å². The molecule has 2 rings (SSSR count). The van der Waals surface area contributed by atoms with E-state index in [4.69, 9.17) is 40.1 Å². The first-order valence-corrected chi connectivity index (χ1v) is 5.22. The fraction of sp³-hybridized carbons (Fsp3) is 0.100. The molecule has 15 heavy (non-hydrogen) atoms. The van der Waals surface area contributed by atoms with E-state index < -0.39 is 0 Å². The van der Waals surface area contributed by atoms with Gasteiger partial charge < -0.3 is 4.57 Å². The number of halogens is 3. The first kappa shape index (κ1) is 10.6. The smallest absolute Gasteiger partial charge is 0.127 e. The number of rotatable bonds is 0. The van der Waals surface area contributed by atoms with Gasteiger partial charge in [0.1, 0.15) is 11.2 Å². The molecular weight excluding hydrogens is 254 g/mol. The van der Waals surface area contributed by atoms with Crippen LogP contribution in [-0.2, 0) is 7.05 Å². The summed E-state index contributed by atoms with van der Waals surface area (Å²) in [6, 6.07) is 5.37. The van der Waals surface area contributed by atoms with E-state index in [-0.39, 0.29) is 0 Å². The van der Waals surface area contributed by atoms with Crippen LogP contribution in [0.3, 0.4) is 0 Å². The van der Waals surface area contributed by atoms with Crippen molar-refractivity contribution in [1.82, 2.24) is 4.57 Å². The van der Waals surface area contributed by atoms with Crippen molar-refractivity contribution < 1.29 is 0 Å². The lowest BCUT2D eigenvalue weighted by Gasteiger charge is -1.99. The molecule has 0 atom stereocenters. The Morgan fingerprint density at radius 1 is 1.27 bits per heavy atom. The molecule has 0 unspecified atom stereocenters. The fourth-order valence-electron chi connectivity index (χ4n) is 1.55. The normalized spacial score (nSPS) is 10.6. The van der Waals surface area contributed by atoms with Crippen molar-refractivity contribution >= 4 is 45.7 Å². The zero-order valence-electron chi connectivity index (χ0n) is 7.68. The molecule has 2 nitrogen and oxygen atoms in total. The quantitative estimate of drug-likeness (QED) is 0.703. The summed E-state index contributed by atoms with van der Waals surface area (Å²) in [6.45, 7) is 0. The molecule has 1 heterocycles. The maximum Gasteiger partial charge on any atom is 0.127 e. The topological polar surface area (TPSA) is 28.7 Å². The van der Waals surface area contributed by atoms with Gasteiger partial charge in [-0.1, -0.05) is 34.8 Å². The summed E-state index contributed by atoms with van der Waals surface area (Å²) in [5.74, 6) is 0. The Morgan fingerprint density at radius 3 is 2.53 bits per heavy atom. The molecule has 0 spiro atoms. The lowest BCUT2D eigenvalue weighted by Crippen LogP contribution is -1.86. The van der Waals surface area contributed by atoms with Crippen LogP contribution in [0.5, 0.6) is 0 Å². The number of fused-ring (bicyclic) bond motifs is 1. The van der Waals surface area contributed by atoms with Gasteiger partial charge in [-0.05, 0) is 12.1 Å². The Hall–Kier alpha value is -0.880. The van der Waals surface area contributed by atoms with Crippen LogP contribution in [0.1, 0.15) is 5.56 Å². The number of aryl methyl sites for hydroxylation is 1. The summed E-state index contributed by atoms with van der Waals surface area (Å²) >= 11 is 17.9. The summed E-state index contributed by atoms with van der Waals surface area (Å²) in [5, 5.41) is 11.0. The Labute approximate surface area is 102 Å². The van der Waals surface area contributed by atoms with Crippen LogP contribution in [-0.4, -0.2) is 4.57 Å². The van der Waals surface area contributed by atoms with Gasteiger partial charge in [0.25, 0.3) is 0 Å². The number of hydrogen-bond acceptors (Lipinski definition) is 1. The molecule has 0 amide bonds. The van der Waals surface area contributed by atoms with Crippen LogP contribution in [0.15, 0.2) is 12.1 Å². The molecule has 1 aromatic heterocycles. The molecule has 5 heteroatoms. The second kappa shape index (κ2) is 3.61. The monoisotopic (exact) mass is 258 g/mol. The molecule has 1 aromatic carbocycles. The molecule has 0 radical (unpaired) electrons. The lowest BCUT2D eigenvalue weighted by molar-refractivity contribution is 0.968. The third-order valence-corrected chi connectivity index (χ3v) is 3.22. The fourth-order valence-corrected chi connectivity index (χ4v) is 2.36. The molecular formula is C10H5Cl3N2. The van der Waals surface area contributed by atoms with Crippen LogP contribution in [0.4, 0.5) is 0 Å². The second-order valence-corrected chi connectivity index (χ2v) is 4.32. The lowest BCUT2D eigenvalue weighted by atomic mass is 10.2. The molecule has 0 N–H and O–H groups in total. The number of benzene rings is 1. The highest BCUT2D eigenvalue weighted by molar-refractivity contribution is 6.40. The van der Waals surface area contributed by atoms with Crippen molar-refractivity contribution in [3.63, 3.8) is 0 Å². The standard InChI is InChI=1S/C10H5Cl3N2/c1-15-8-3-5(11)2-7(12)9(8)6(4-14)10(15)13/h2-3H,1H3. The maximum absolute atomic E-state index is 8.98. The molecule has 0 saturated heterocycles. The Kier molecular flexibility index (Phi) is 2.56. The van der Waals surface area contributed by atoms with E-state index in [1.807, 2.05) is 6.07 Å². The van der Waals surface area contributed by atoms with Crippen molar-refractivity contribution in [2.24, 2.45) is 7.05 Å². The van der Waals surface area contributed by atoms with Crippen molar-refractivity contribution in [2.75, 3.05) is 0 Å². The van der Waals surface area contributed by atoms with Gasteiger partial charge in [-0.25, -0.2) is 0 Å². The van der Waals surface area contributed by atoms with Gasteiger partial charge in [-0.2, -0.15) is 5.26 Å². The molecule has 0 aliphatic carbocycles. The number of nitrogens with zero attached hydrogens (tertiary/aromatic N) is 2. The minimum atomic E-state index is 0.372. The van der Waals surface area contributed by atoms with Gasteiger partial charge >= 0.3 is 0 Å². The number of hydrogen-bond donors (Lipinski definition) is 0. The Morgan fingerprint density at radius 2 is 1.93 bits per heavy atom. The van der Waals surface area contributed by atoms with E-state index in [9.17, 15) is 0 Å². The summed E-state index contributed by atoms with van der Waals surface area (Å²) in [7, 11) is 1.76. The average molecular weight is 260 g/mol. The van der Waals surface area contributed by atoms with Crippen LogP contribution in [0, 0.1) is 11.3 Å². The van der Waals surface area contributed by atoms with Crippen molar-refractivity contribution in [3.8, 4) is 6.07 Å². The molecule has 2 aromatic rings. The van der Waals surface area contributed by atoms with Crippen LogP contribution < -0.4 is 0 Å². The largest absolute Gasteiger partial charge is 0.334 e. The highest BCUT2D eigenvalue weighted by atomic mass is 35.5. The maximum atomic E-state index is 8.98. The van der Waals surface area contributed by atoms with Crippen molar-refractivity contribution in [3.05, 3.63) is 32.9 Å². The van der Waals surface area contributed by atoms with E-state index in [2.05, 4.69) is 0 Å². The first-order chi connectivity index (χ1) is 7.06. The molecule has 0 fully saturated rings. The van der Waals surface area contributed by atoms with Gasteiger partial charge in [0.2, 0.25) is 0 Å². The Bertz CT molecular complexity index is 593. The van der Waals surface area contributed by atoms with Crippen LogP contribution in [0.2, 0.25) is 15.2 Å². The minimum absolute atomic E-state index is 0.372. The third kappa shape index (κ3) is 1.48. The molecule has 0 aliphatic heterocycles. The van der Waals surface area contributed by atoms with Gasteiger partial charge in [0.15, 0.2) is 0 Å². The SMILES string of the molecule is Cn1c(Cl)c(C#N)c2c(Cl)cc(Cl)cc21. The molecule has 0 bridgehead atoms. The van der Waals surface area contributed by atoms with E-state index in [1.54, 1.807) is 23.7 Å². The van der Waals surface area contributed by atoms with Crippen LogP contribution >= 0.6 is 34.8 Å². The summed E-state index contributed by atoms with van der Waals surface area (Å²) in [4.78, 5) is 0. The van der Waals surface area contributed by atoms with E-state index >= 15 is 0 Å². The zero-order valence-corrected chi connectivity index (χ0v) is 9.95.